The van der Waals surface area contributed by atoms with Gasteiger partial charge in [-0.1, -0.05) is 36.5 Å². The Kier molecular flexibility index (Phi) is 5.19. The molecule has 0 fully saturated rings. The number of thiazole rings is 1. The van der Waals surface area contributed by atoms with Gasteiger partial charge in [0.25, 0.3) is 5.91 Å². The summed E-state index contributed by atoms with van der Waals surface area (Å²) in [5, 5.41) is 0. The van der Waals surface area contributed by atoms with E-state index in [4.69, 9.17) is 9.47 Å². The molecule has 0 aliphatic rings. The van der Waals surface area contributed by atoms with E-state index in [9.17, 15) is 4.79 Å². The van der Waals surface area contributed by atoms with Crippen molar-refractivity contribution in [2.24, 2.45) is 4.99 Å². The fourth-order valence-electron chi connectivity index (χ4n) is 2.65. The molecule has 25 heavy (non-hydrogen) atoms. The normalized spacial score (nSPS) is 11.7. The van der Waals surface area contributed by atoms with Crippen LogP contribution in [-0.4, -0.2) is 24.7 Å². The zero-order valence-corrected chi connectivity index (χ0v) is 15.3. The Bertz CT molecular complexity index is 958. The van der Waals surface area contributed by atoms with E-state index in [1.807, 2.05) is 30.3 Å². The van der Waals surface area contributed by atoms with E-state index in [1.54, 1.807) is 26.4 Å². The number of fused-ring (bicyclic) bond motifs is 1. The lowest BCUT2D eigenvalue weighted by molar-refractivity contribution is 0.0998. The second kappa shape index (κ2) is 7.53. The SMILES string of the molecule is CCCn1c(=NC(=O)c2ccccc2)sc2cc(OC)c(OC)cc21. The standard InChI is InChI=1S/C19H20N2O3S/c1-4-10-21-14-11-15(23-2)16(24-3)12-17(14)25-19(21)20-18(22)13-8-6-5-7-9-13/h5-9,11-12H,4,10H2,1-3H3. The predicted molar refractivity (Wildman–Crippen MR) is 99.5 cm³/mol. The summed E-state index contributed by atoms with van der Waals surface area (Å²) in [6.07, 6.45) is 0.937. The van der Waals surface area contributed by atoms with Crippen LogP contribution in [-0.2, 0) is 6.54 Å². The van der Waals surface area contributed by atoms with Gasteiger partial charge in [-0.2, -0.15) is 4.99 Å². The number of nitrogens with zero attached hydrogens (tertiary/aromatic N) is 2. The smallest absolute Gasteiger partial charge is 0.279 e. The topological polar surface area (TPSA) is 52.8 Å². The Morgan fingerprint density at radius 2 is 1.80 bits per heavy atom. The maximum Gasteiger partial charge on any atom is 0.279 e. The molecule has 0 saturated carbocycles. The summed E-state index contributed by atoms with van der Waals surface area (Å²) in [7, 11) is 3.23. The predicted octanol–water partition coefficient (Wildman–Crippen LogP) is 3.87. The Balaban J connectivity index is 2.18. The number of carbonyl (C=O) groups is 1. The fourth-order valence-corrected chi connectivity index (χ4v) is 3.72. The third-order valence-corrected chi connectivity index (χ3v) is 4.89. The Hall–Kier alpha value is -2.60. The van der Waals surface area contributed by atoms with Crippen molar-refractivity contribution in [3.63, 3.8) is 0 Å². The van der Waals surface area contributed by atoms with Gasteiger partial charge in [-0.25, -0.2) is 0 Å². The molecule has 1 aromatic heterocycles. The van der Waals surface area contributed by atoms with Gasteiger partial charge in [0.2, 0.25) is 0 Å². The van der Waals surface area contributed by atoms with Gasteiger partial charge in [0.05, 0.1) is 24.4 Å². The minimum absolute atomic E-state index is 0.240. The van der Waals surface area contributed by atoms with E-state index < -0.39 is 0 Å². The first-order valence-electron chi connectivity index (χ1n) is 8.07. The molecule has 5 nitrogen and oxygen atoms in total. The monoisotopic (exact) mass is 356 g/mol. The van der Waals surface area contributed by atoms with E-state index in [1.165, 1.54) is 11.3 Å². The van der Waals surface area contributed by atoms with Crippen LogP contribution < -0.4 is 14.3 Å². The van der Waals surface area contributed by atoms with Crippen LogP contribution in [0.4, 0.5) is 0 Å². The van der Waals surface area contributed by atoms with Crippen LogP contribution in [0.2, 0.25) is 0 Å². The summed E-state index contributed by atoms with van der Waals surface area (Å²) in [6.45, 7) is 2.87. The van der Waals surface area contributed by atoms with E-state index in [2.05, 4.69) is 16.5 Å². The second-order valence-corrected chi connectivity index (χ2v) is 6.50. The highest BCUT2D eigenvalue weighted by molar-refractivity contribution is 7.16. The van der Waals surface area contributed by atoms with Crippen molar-refractivity contribution < 1.29 is 14.3 Å². The highest BCUT2D eigenvalue weighted by Crippen LogP contribution is 2.33. The summed E-state index contributed by atoms with van der Waals surface area (Å²) in [6, 6.07) is 13.0. The highest BCUT2D eigenvalue weighted by Gasteiger charge is 2.13. The van der Waals surface area contributed by atoms with Crippen LogP contribution >= 0.6 is 11.3 Å². The van der Waals surface area contributed by atoms with Gasteiger partial charge in [-0.05, 0) is 18.6 Å². The van der Waals surface area contributed by atoms with Crippen molar-refractivity contribution >= 4 is 27.5 Å². The Morgan fingerprint density at radius 3 is 2.44 bits per heavy atom. The quantitative estimate of drug-likeness (QED) is 0.697. The van der Waals surface area contributed by atoms with E-state index in [0.717, 1.165) is 23.2 Å². The molecule has 0 spiro atoms. The van der Waals surface area contributed by atoms with Crippen LogP contribution in [0.25, 0.3) is 10.2 Å². The number of benzene rings is 2. The maximum atomic E-state index is 12.5. The molecule has 1 amide bonds. The van der Waals surface area contributed by atoms with Gasteiger partial charge in [-0.3, -0.25) is 4.79 Å². The number of aryl methyl sites for hydroxylation is 1. The number of hydrogen-bond donors (Lipinski definition) is 0. The first-order chi connectivity index (χ1) is 12.2. The second-order valence-electron chi connectivity index (χ2n) is 5.49. The Labute approximate surface area is 150 Å². The molecule has 3 rings (SSSR count). The molecule has 130 valence electrons. The lowest BCUT2D eigenvalue weighted by Crippen LogP contribution is -2.16. The van der Waals surface area contributed by atoms with E-state index in [-0.39, 0.29) is 5.91 Å². The lowest BCUT2D eigenvalue weighted by Gasteiger charge is -2.08. The van der Waals surface area contributed by atoms with Gasteiger partial charge in [-0.15, -0.1) is 0 Å². The number of aromatic nitrogens is 1. The lowest BCUT2D eigenvalue weighted by atomic mass is 10.2. The Morgan fingerprint density at radius 1 is 1.12 bits per heavy atom. The molecule has 2 aromatic carbocycles. The molecule has 3 aromatic rings. The number of carbonyl (C=O) groups excluding carboxylic acids is 1. The molecule has 0 N–H and O–H groups in total. The van der Waals surface area contributed by atoms with Crippen LogP contribution in [0.3, 0.4) is 0 Å². The van der Waals surface area contributed by atoms with E-state index >= 15 is 0 Å². The minimum Gasteiger partial charge on any atom is -0.493 e. The van der Waals surface area contributed by atoms with Gasteiger partial charge in [0, 0.05) is 24.2 Å². The van der Waals surface area contributed by atoms with Crippen LogP contribution in [0.1, 0.15) is 23.7 Å². The van der Waals surface area contributed by atoms with Crippen molar-refractivity contribution in [3.8, 4) is 11.5 Å². The van der Waals surface area contributed by atoms with Crippen molar-refractivity contribution in [2.45, 2.75) is 19.9 Å². The van der Waals surface area contributed by atoms with E-state index in [0.29, 0.717) is 21.9 Å². The van der Waals surface area contributed by atoms with Crippen LogP contribution in [0.15, 0.2) is 47.5 Å². The third kappa shape index (κ3) is 3.44. The molecule has 6 heteroatoms. The number of methoxy groups -OCH3 is 2. The van der Waals surface area contributed by atoms with Gasteiger partial charge < -0.3 is 14.0 Å². The summed E-state index contributed by atoms with van der Waals surface area (Å²) in [5.74, 6) is 1.09. The number of ether oxygens (including phenoxy) is 2. The molecule has 0 radical (unpaired) electrons. The maximum absolute atomic E-state index is 12.5. The largest absolute Gasteiger partial charge is 0.493 e. The summed E-state index contributed by atoms with van der Waals surface area (Å²) < 4.78 is 13.8. The number of rotatable bonds is 5. The van der Waals surface area contributed by atoms with Crippen molar-refractivity contribution in [1.82, 2.24) is 4.57 Å². The zero-order valence-electron chi connectivity index (χ0n) is 14.5. The number of hydrogen-bond acceptors (Lipinski definition) is 4. The van der Waals surface area contributed by atoms with Gasteiger partial charge >= 0.3 is 0 Å². The van der Waals surface area contributed by atoms with Crippen molar-refractivity contribution in [3.05, 3.63) is 52.8 Å². The molecule has 0 aliphatic heterocycles. The van der Waals surface area contributed by atoms with Crippen molar-refractivity contribution in [2.75, 3.05) is 14.2 Å². The first kappa shape index (κ1) is 17.2. The van der Waals surface area contributed by atoms with Gasteiger partial charge in [0.15, 0.2) is 16.3 Å². The first-order valence-corrected chi connectivity index (χ1v) is 8.89. The fraction of sp³-hybridized carbons (Fsp3) is 0.263. The van der Waals surface area contributed by atoms with Crippen LogP contribution in [0, 0.1) is 0 Å². The average molecular weight is 356 g/mol. The summed E-state index contributed by atoms with van der Waals surface area (Å²) >= 11 is 1.48. The minimum atomic E-state index is -0.240. The zero-order chi connectivity index (χ0) is 17.8. The van der Waals surface area contributed by atoms with Crippen LogP contribution in [0.5, 0.6) is 11.5 Å². The van der Waals surface area contributed by atoms with Crippen molar-refractivity contribution in [1.29, 1.82) is 0 Å². The molecule has 0 atom stereocenters. The molecular weight excluding hydrogens is 336 g/mol. The summed E-state index contributed by atoms with van der Waals surface area (Å²) in [5.41, 5.74) is 1.57. The highest BCUT2D eigenvalue weighted by atomic mass is 32.1. The molecule has 0 unspecified atom stereocenters. The van der Waals surface area contributed by atoms with Gasteiger partial charge in [0.1, 0.15) is 0 Å². The molecule has 0 aliphatic carbocycles. The molecule has 0 saturated heterocycles. The number of amides is 1. The third-order valence-electron chi connectivity index (χ3n) is 3.85. The molecule has 1 heterocycles. The molecular formula is C19H20N2O3S. The average Bonchev–Trinajstić information content (AvgIpc) is 2.97. The molecule has 0 bridgehead atoms. The summed E-state index contributed by atoms with van der Waals surface area (Å²) in [4.78, 5) is 17.5.